The fraction of sp³-hybridized carbons (Fsp3) is 0.600. The lowest BCUT2D eigenvalue weighted by Gasteiger charge is -2.03. The second kappa shape index (κ2) is 4.30. The summed E-state index contributed by atoms with van der Waals surface area (Å²) in [5.74, 6) is 0. The number of rotatable bonds is 3. The molecule has 0 fully saturated rings. The maximum Gasteiger partial charge on any atom is 0.0441 e. The predicted octanol–water partition coefficient (Wildman–Crippen LogP) is 1.45. The van der Waals surface area contributed by atoms with Crippen molar-refractivity contribution in [1.29, 1.82) is 0 Å². The Morgan fingerprint density at radius 2 is 2.38 bits per heavy atom. The van der Waals surface area contributed by atoms with Crippen LogP contribution in [0.4, 0.5) is 0 Å². The summed E-state index contributed by atoms with van der Waals surface area (Å²) in [7, 11) is 1.85. The van der Waals surface area contributed by atoms with Crippen LogP contribution >= 0.6 is 0 Å². The third-order valence-electron chi connectivity index (χ3n) is 0.744. The molecule has 8 heavy (non-hydrogen) atoms. The summed E-state index contributed by atoms with van der Waals surface area (Å²) in [6, 6.07) is 0. The molecule has 0 radical (unpaired) electrons. The van der Waals surface area contributed by atoms with E-state index in [2.05, 4.69) is 16.9 Å². The van der Waals surface area contributed by atoms with E-state index in [0.29, 0.717) is 0 Å². The van der Waals surface area contributed by atoms with Crippen molar-refractivity contribution in [3.05, 3.63) is 12.8 Å². The molecular formula is C5H11N3. The molecule has 0 atom stereocenters. The molecule has 3 heteroatoms. The van der Waals surface area contributed by atoms with E-state index in [1.165, 1.54) is 6.20 Å². The highest BCUT2D eigenvalue weighted by atomic mass is 15.5. The number of hydrogen-bond donors (Lipinski definition) is 0. The average molecular weight is 113 g/mol. The maximum absolute atomic E-state index is 3.70. The first kappa shape index (κ1) is 7.14. The highest BCUT2D eigenvalue weighted by Gasteiger charge is 1.79. The van der Waals surface area contributed by atoms with Gasteiger partial charge in [0, 0.05) is 19.8 Å². The van der Waals surface area contributed by atoms with Gasteiger partial charge in [-0.1, -0.05) is 11.8 Å². The summed E-state index contributed by atoms with van der Waals surface area (Å²) < 4.78 is 0. The fourth-order valence-electron chi connectivity index (χ4n) is 0.188. The van der Waals surface area contributed by atoms with Gasteiger partial charge >= 0.3 is 0 Å². The summed E-state index contributed by atoms with van der Waals surface area (Å²) >= 11 is 0. The SMILES string of the molecule is C=C/N=N\N(C)CC. The topological polar surface area (TPSA) is 28.0 Å². The highest BCUT2D eigenvalue weighted by Crippen LogP contribution is 1.82. The Morgan fingerprint density at radius 3 is 2.75 bits per heavy atom. The van der Waals surface area contributed by atoms with Crippen LogP contribution in [0.15, 0.2) is 23.1 Å². The third-order valence-corrected chi connectivity index (χ3v) is 0.744. The van der Waals surface area contributed by atoms with E-state index in [1.807, 2.05) is 14.0 Å². The molecule has 0 aliphatic carbocycles. The zero-order valence-corrected chi connectivity index (χ0v) is 5.33. The minimum absolute atomic E-state index is 0.872. The van der Waals surface area contributed by atoms with Gasteiger partial charge in [-0.2, -0.15) is 0 Å². The van der Waals surface area contributed by atoms with Gasteiger partial charge in [-0.05, 0) is 6.92 Å². The Bertz CT molecular complexity index is 87.7. The van der Waals surface area contributed by atoms with E-state index in [0.717, 1.165) is 6.54 Å². The van der Waals surface area contributed by atoms with E-state index >= 15 is 0 Å². The molecular weight excluding hydrogens is 102 g/mol. The fourth-order valence-corrected chi connectivity index (χ4v) is 0.188. The summed E-state index contributed by atoms with van der Waals surface area (Å²) in [6.07, 6.45) is 1.41. The highest BCUT2D eigenvalue weighted by molar-refractivity contribution is 4.56. The zero-order chi connectivity index (χ0) is 6.41. The van der Waals surface area contributed by atoms with Crippen molar-refractivity contribution in [2.75, 3.05) is 13.6 Å². The van der Waals surface area contributed by atoms with Crippen molar-refractivity contribution in [3.8, 4) is 0 Å². The molecule has 0 aliphatic heterocycles. The van der Waals surface area contributed by atoms with Crippen LogP contribution in [-0.4, -0.2) is 18.6 Å². The molecule has 0 amide bonds. The van der Waals surface area contributed by atoms with E-state index in [4.69, 9.17) is 0 Å². The minimum Gasteiger partial charge on any atom is -0.282 e. The average Bonchev–Trinajstić information content (AvgIpc) is 1.83. The molecule has 0 unspecified atom stereocenters. The predicted molar refractivity (Wildman–Crippen MR) is 33.4 cm³/mol. The van der Waals surface area contributed by atoms with Crippen molar-refractivity contribution in [2.45, 2.75) is 6.92 Å². The monoisotopic (exact) mass is 113 g/mol. The van der Waals surface area contributed by atoms with Crippen molar-refractivity contribution in [1.82, 2.24) is 5.01 Å². The first-order valence-corrected chi connectivity index (χ1v) is 2.54. The quantitative estimate of drug-likeness (QED) is 0.402. The van der Waals surface area contributed by atoms with Crippen LogP contribution < -0.4 is 0 Å². The molecule has 0 saturated heterocycles. The molecule has 0 heterocycles. The van der Waals surface area contributed by atoms with E-state index < -0.39 is 0 Å². The number of hydrogen-bond acceptors (Lipinski definition) is 2. The van der Waals surface area contributed by atoms with Gasteiger partial charge in [0.15, 0.2) is 0 Å². The molecule has 0 rings (SSSR count). The number of nitrogens with zero attached hydrogens (tertiary/aromatic N) is 3. The third kappa shape index (κ3) is 3.33. The van der Waals surface area contributed by atoms with Gasteiger partial charge < -0.3 is 0 Å². The smallest absolute Gasteiger partial charge is 0.0441 e. The Kier molecular flexibility index (Phi) is 3.84. The molecule has 0 aromatic carbocycles. The van der Waals surface area contributed by atoms with Crippen LogP contribution in [0.3, 0.4) is 0 Å². The Labute approximate surface area is 49.7 Å². The second-order valence-corrected chi connectivity index (χ2v) is 1.36. The lowest BCUT2D eigenvalue weighted by atomic mass is 10.8. The first-order valence-electron chi connectivity index (χ1n) is 2.54. The van der Waals surface area contributed by atoms with Crippen LogP contribution in [0.1, 0.15) is 6.92 Å². The molecule has 0 bridgehead atoms. The van der Waals surface area contributed by atoms with Gasteiger partial charge in [-0.25, -0.2) is 0 Å². The summed E-state index contributed by atoms with van der Waals surface area (Å²) in [5.41, 5.74) is 0. The molecule has 46 valence electrons. The van der Waals surface area contributed by atoms with Gasteiger partial charge in [0.1, 0.15) is 0 Å². The molecule has 3 nitrogen and oxygen atoms in total. The Morgan fingerprint density at radius 1 is 1.75 bits per heavy atom. The van der Waals surface area contributed by atoms with E-state index in [9.17, 15) is 0 Å². The minimum atomic E-state index is 0.872. The maximum atomic E-state index is 3.70. The van der Waals surface area contributed by atoms with Gasteiger partial charge in [0.25, 0.3) is 0 Å². The van der Waals surface area contributed by atoms with Crippen molar-refractivity contribution in [2.24, 2.45) is 10.3 Å². The van der Waals surface area contributed by atoms with Crippen LogP contribution in [0.5, 0.6) is 0 Å². The lowest BCUT2D eigenvalue weighted by Crippen LogP contribution is -2.07. The Hall–Kier alpha value is -0.860. The summed E-state index contributed by atoms with van der Waals surface area (Å²) in [6.45, 7) is 6.25. The first-order chi connectivity index (χ1) is 3.81. The van der Waals surface area contributed by atoms with Gasteiger partial charge in [0.2, 0.25) is 0 Å². The lowest BCUT2D eigenvalue weighted by molar-refractivity contribution is 0.350. The summed E-state index contributed by atoms with van der Waals surface area (Å²) in [4.78, 5) is 0. The van der Waals surface area contributed by atoms with E-state index in [-0.39, 0.29) is 0 Å². The van der Waals surface area contributed by atoms with Gasteiger partial charge in [-0.3, -0.25) is 5.01 Å². The Balaban J connectivity index is 3.35. The van der Waals surface area contributed by atoms with Crippen LogP contribution in [0.2, 0.25) is 0 Å². The van der Waals surface area contributed by atoms with Crippen molar-refractivity contribution in [3.63, 3.8) is 0 Å². The summed E-state index contributed by atoms with van der Waals surface area (Å²) in [5, 5.41) is 8.98. The second-order valence-electron chi connectivity index (χ2n) is 1.36. The molecule has 0 saturated carbocycles. The standard InChI is InChI=1S/C5H11N3/c1-4-6-7-8(3)5-2/h4H,1,5H2,2-3H3/b7-6-. The zero-order valence-electron chi connectivity index (χ0n) is 5.33. The van der Waals surface area contributed by atoms with Crippen molar-refractivity contribution >= 4 is 0 Å². The van der Waals surface area contributed by atoms with Crippen molar-refractivity contribution < 1.29 is 0 Å². The molecule has 0 aliphatic rings. The largest absolute Gasteiger partial charge is 0.282 e. The van der Waals surface area contributed by atoms with Gasteiger partial charge in [-0.15, -0.1) is 5.11 Å². The molecule has 0 N–H and O–H groups in total. The van der Waals surface area contributed by atoms with Crippen LogP contribution in [0.25, 0.3) is 0 Å². The van der Waals surface area contributed by atoms with Gasteiger partial charge in [0.05, 0.1) is 0 Å². The normalized spacial score (nSPS) is 9.75. The molecule has 0 aromatic rings. The molecule has 0 spiro atoms. The van der Waals surface area contributed by atoms with E-state index in [1.54, 1.807) is 5.01 Å². The van der Waals surface area contributed by atoms with Crippen LogP contribution in [0, 0.1) is 0 Å². The molecule has 0 aromatic heterocycles. The van der Waals surface area contributed by atoms with Crippen LogP contribution in [-0.2, 0) is 0 Å².